The number of nitrogens with zero attached hydrogens (tertiary/aromatic N) is 3. The quantitative estimate of drug-likeness (QED) is 0.757. The minimum Gasteiger partial charge on any atom is -0.491 e. The molecule has 124 valence electrons. The average Bonchev–Trinajstić information content (AvgIpc) is 3.01. The summed E-state index contributed by atoms with van der Waals surface area (Å²) in [5.74, 6) is 1.42. The zero-order valence-electron chi connectivity index (χ0n) is 13.9. The predicted octanol–water partition coefficient (Wildman–Crippen LogP) is 3.00. The molecule has 1 atom stereocenters. The first-order valence-corrected chi connectivity index (χ1v) is 7.94. The summed E-state index contributed by atoms with van der Waals surface area (Å²) in [5, 5.41) is 14.6. The molecule has 0 bridgehead atoms. The molecule has 3 aromatic rings. The molecule has 5 nitrogen and oxygen atoms in total. The number of aromatic nitrogens is 3. The molecule has 0 aliphatic heterocycles. The second-order valence-electron chi connectivity index (χ2n) is 5.94. The van der Waals surface area contributed by atoms with Crippen LogP contribution in [0, 0.1) is 13.8 Å². The highest BCUT2D eigenvalue weighted by atomic mass is 16.5. The van der Waals surface area contributed by atoms with Crippen LogP contribution in [-0.2, 0) is 6.54 Å². The Hall–Kier alpha value is -2.66. The van der Waals surface area contributed by atoms with Gasteiger partial charge in [0, 0.05) is 5.56 Å². The fourth-order valence-corrected chi connectivity index (χ4v) is 2.58. The van der Waals surface area contributed by atoms with Crippen molar-refractivity contribution in [2.75, 3.05) is 6.61 Å². The minimum absolute atomic E-state index is 0.212. The van der Waals surface area contributed by atoms with Crippen LogP contribution in [-0.4, -0.2) is 32.6 Å². The molecule has 0 spiro atoms. The lowest BCUT2D eigenvalue weighted by Gasteiger charge is -2.13. The van der Waals surface area contributed by atoms with Crippen molar-refractivity contribution in [1.29, 1.82) is 0 Å². The lowest BCUT2D eigenvalue weighted by molar-refractivity contribution is 0.0892. The first-order valence-electron chi connectivity index (χ1n) is 7.94. The van der Waals surface area contributed by atoms with Gasteiger partial charge < -0.3 is 9.84 Å². The van der Waals surface area contributed by atoms with Crippen LogP contribution in [0.3, 0.4) is 0 Å². The van der Waals surface area contributed by atoms with Gasteiger partial charge in [-0.2, -0.15) is 5.10 Å². The van der Waals surface area contributed by atoms with Crippen molar-refractivity contribution in [1.82, 2.24) is 14.8 Å². The number of hydrogen-bond acceptors (Lipinski definition) is 4. The van der Waals surface area contributed by atoms with E-state index in [1.165, 1.54) is 0 Å². The van der Waals surface area contributed by atoms with Crippen LogP contribution in [0.5, 0.6) is 5.75 Å². The van der Waals surface area contributed by atoms with Crippen LogP contribution in [0.25, 0.3) is 11.4 Å². The number of hydrogen-bond donors (Lipinski definition) is 1. The normalized spacial score (nSPS) is 12.1. The SMILES string of the molecule is Cc1cc(C)cc(OCC(O)Cn2cnc(-c3ccccc3)n2)c1. The van der Waals surface area contributed by atoms with E-state index in [1.54, 1.807) is 11.0 Å². The van der Waals surface area contributed by atoms with E-state index in [9.17, 15) is 5.11 Å². The Morgan fingerprint density at radius 2 is 1.79 bits per heavy atom. The molecular formula is C19H21N3O2. The lowest BCUT2D eigenvalue weighted by atomic mass is 10.1. The van der Waals surface area contributed by atoms with E-state index < -0.39 is 6.10 Å². The topological polar surface area (TPSA) is 60.2 Å². The van der Waals surface area contributed by atoms with E-state index in [-0.39, 0.29) is 6.61 Å². The van der Waals surface area contributed by atoms with Crippen LogP contribution >= 0.6 is 0 Å². The molecule has 2 aromatic carbocycles. The summed E-state index contributed by atoms with van der Waals surface area (Å²) in [7, 11) is 0. The summed E-state index contributed by atoms with van der Waals surface area (Å²) in [4.78, 5) is 4.28. The van der Waals surface area contributed by atoms with Gasteiger partial charge >= 0.3 is 0 Å². The van der Waals surface area contributed by atoms with Crippen molar-refractivity contribution in [2.24, 2.45) is 0 Å². The summed E-state index contributed by atoms with van der Waals surface area (Å²) in [6, 6.07) is 15.8. The molecule has 0 amide bonds. The van der Waals surface area contributed by atoms with Crippen LogP contribution in [0.1, 0.15) is 11.1 Å². The maximum Gasteiger partial charge on any atom is 0.181 e. The molecular weight excluding hydrogens is 302 g/mol. The number of aryl methyl sites for hydroxylation is 2. The molecule has 0 fully saturated rings. The van der Waals surface area contributed by atoms with Crippen LogP contribution < -0.4 is 4.74 Å². The van der Waals surface area contributed by atoms with Crippen molar-refractivity contribution in [3.63, 3.8) is 0 Å². The predicted molar refractivity (Wildman–Crippen MR) is 92.9 cm³/mol. The smallest absolute Gasteiger partial charge is 0.181 e. The van der Waals surface area contributed by atoms with E-state index in [1.807, 2.05) is 56.3 Å². The minimum atomic E-state index is -0.656. The number of aliphatic hydroxyl groups excluding tert-OH is 1. The molecule has 0 saturated carbocycles. The Bertz CT molecular complexity index is 779. The highest BCUT2D eigenvalue weighted by molar-refractivity contribution is 5.53. The van der Waals surface area contributed by atoms with Crippen molar-refractivity contribution < 1.29 is 9.84 Å². The largest absolute Gasteiger partial charge is 0.491 e. The van der Waals surface area contributed by atoms with Crippen molar-refractivity contribution >= 4 is 0 Å². The number of aliphatic hydroxyl groups is 1. The van der Waals surface area contributed by atoms with E-state index >= 15 is 0 Å². The zero-order valence-corrected chi connectivity index (χ0v) is 13.9. The molecule has 0 aliphatic carbocycles. The van der Waals surface area contributed by atoms with E-state index in [0.29, 0.717) is 12.4 Å². The van der Waals surface area contributed by atoms with Gasteiger partial charge in [0.15, 0.2) is 5.82 Å². The molecule has 5 heteroatoms. The third kappa shape index (κ3) is 4.20. The van der Waals surface area contributed by atoms with E-state index in [4.69, 9.17) is 4.74 Å². The molecule has 3 rings (SSSR count). The Labute approximate surface area is 141 Å². The lowest BCUT2D eigenvalue weighted by Crippen LogP contribution is -2.24. The van der Waals surface area contributed by atoms with Crippen LogP contribution in [0.2, 0.25) is 0 Å². The van der Waals surface area contributed by atoms with Crippen molar-refractivity contribution in [3.8, 4) is 17.1 Å². The van der Waals surface area contributed by atoms with Crippen LogP contribution in [0.15, 0.2) is 54.9 Å². The maximum absolute atomic E-state index is 10.2. The highest BCUT2D eigenvalue weighted by Crippen LogP contribution is 2.17. The molecule has 1 aromatic heterocycles. The van der Waals surface area contributed by atoms with Gasteiger partial charge in [0.1, 0.15) is 24.8 Å². The third-order valence-corrected chi connectivity index (χ3v) is 3.60. The Balaban J connectivity index is 1.57. The summed E-state index contributed by atoms with van der Waals surface area (Å²) in [6.45, 7) is 4.60. The average molecular weight is 323 g/mol. The first kappa shape index (κ1) is 16.2. The summed E-state index contributed by atoms with van der Waals surface area (Å²) >= 11 is 0. The fraction of sp³-hybridized carbons (Fsp3) is 0.263. The molecule has 1 unspecified atom stereocenters. The molecule has 0 aliphatic rings. The van der Waals surface area contributed by atoms with Gasteiger partial charge in [0.2, 0.25) is 0 Å². The summed E-state index contributed by atoms with van der Waals surface area (Å²) in [5.41, 5.74) is 3.24. The summed E-state index contributed by atoms with van der Waals surface area (Å²) < 4.78 is 7.32. The second kappa shape index (κ2) is 7.27. The molecule has 1 N–H and O–H groups in total. The summed E-state index contributed by atoms with van der Waals surface area (Å²) in [6.07, 6.45) is 0.971. The molecule has 0 radical (unpaired) electrons. The number of rotatable bonds is 6. The highest BCUT2D eigenvalue weighted by Gasteiger charge is 2.10. The zero-order chi connectivity index (χ0) is 16.9. The first-order chi connectivity index (χ1) is 11.6. The van der Waals surface area contributed by atoms with Crippen molar-refractivity contribution in [2.45, 2.75) is 26.5 Å². The van der Waals surface area contributed by atoms with E-state index in [2.05, 4.69) is 16.1 Å². The second-order valence-corrected chi connectivity index (χ2v) is 5.94. The van der Waals surface area contributed by atoms with Crippen LogP contribution in [0.4, 0.5) is 0 Å². The Morgan fingerprint density at radius 1 is 1.08 bits per heavy atom. The number of benzene rings is 2. The standard InChI is InChI=1S/C19H21N3O2/c1-14-8-15(2)10-18(9-14)24-12-17(23)11-22-13-20-19(21-22)16-6-4-3-5-7-16/h3-10,13,17,23H,11-12H2,1-2H3. The van der Waals surface area contributed by atoms with Gasteiger partial charge in [-0.25, -0.2) is 9.67 Å². The van der Waals surface area contributed by atoms with Gasteiger partial charge in [-0.15, -0.1) is 0 Å². The van der Waals surface area contributed by atoms with Gasteiger partial charge in [-0.05, 0) is 37.1 Å². The van der Waals surface area contributed by atoms with Crippen molar-refractivity contribution in [3.05, 3.63) is 66.0 Å². The Morgan fingerprint density at radius 3 is 2.50 bits per heavy atom. The van der Waals surface area contributed by atoms with Gasteiger partial charge in [-0.1, -0.05) is 36.4 Å². The molecule has 0 saturated heterocycles. The number of ether oxygens (including phenoxy) is 1. The van der Waals surface area contributed by atoms with E-state index in [0.717, 1.165) is 22.4 Å². The van der Waals surface area contributed by atoms with Gasteiger partial charge in [0.05, 0.1) is 6.54 Å². The molecule has 1 heterocycles. The fourth-order valence-electron chi connectivity index (χ4n) is 2.58. The maximum atomic E-state index is 10.2. The Kier molecular flexibility index (Phi) is 4.91. The molecule has 24 heavy (non-hydrogen) atoms. The third-order valence-electron chi connectivity index (χ3n) is 3.60. The van der Waals surface area contributed by atoms with Gasteiger partial charge in [0.25, 0.3) is 0 Å². The monoisotopic (exact) mass is 323 g/mol. The van der Waals surface area contributed by atoms with Gasteiger partial charge in [-0.3, -0.25) is 0 Å².